The van der Waals surface area contributed by atoms with Crippen molar-refractivity contribution in [2.24, 2.45) is 0 Å². The maximum absolute atomic E-state index is 12.7. The van der Waals surface area contributed by atoms with Crippen LogP contribution in [0.2, 0.25) is 0 Å². The molecule has 1 aromatic heterocycles. The summed E-state index contributed by atoms with van der Waals surface area (Å²) in [5.74, 6) is -3.74. The van der Waals surface area contributed by atoms with Gasteiger partial charge in [-0.3, -0.25) is 9.59 Å². The van der Waals surface area contributed by atoms with E-state index in [-0.39, 0.29) is 34.7 Å². The summed E-state index contributed by atoms with van der Waals surface area (Å²) in [4.78, 5) is 38.4. The number of hydrogen-bond acceptors (Lipinski definition) is 3. The Morgan fingerprint density at radius 2 is 1.67 bits per heavy atom. The van der Waals surface area contributed by atoms with E-state index < -0.39 is 17.9 Å². The molecule has 6 heteroatoms. The molecule has 0 spiro atoms. The third-order valence-electron chi connectivity index (χ3n) is 4.09. The van der Waals surface area contributed by atoms with Crippen LogP contribution < -0.4 is 0 Å². The van der Waals surface area contributed by atoms with Crippen LogP contribution >= 0.6 is 0 Å². The second-order valence-electron chi connectivity index (χ2n) is 5.71. The largest absolute Gasteiger partial charge is 0.481 e. The molecule has 24 heavy (non-hydrogen) atoms. The Morgan fingerprint density at radius 1 is 1.08 bits per heavy atom. The Balaban J connectivity index is 2.59. The van der Waals surface area contributed by atoms with Crippen molar-refractivity contribution < 1.29 is 24.6 Å². The number of aliphatic carboxylic acids is 1. The van der Waals surface area contributed by atoms with Crippen LogP contribution in [0.5, 0.6) is 0 Å². The normalized spacial score (nSPS) is 12.0. The van der Waals surface area contributed by atoms with Crippen LogP contribution in [0.3, 0.4) is 0 Å². The van der Waals surface area contributed by atoms with E-state index in [1.165, 1.54) is 6.92 Å². The molecule has 0 aliphatic rings. The fourth-order valence-electron chi connectivity index (χ4n) is 2.73. The molecular weight excluding hydrogens is 310 g/mol. The van der Waals surface area contributed by atoms with Gasteiger partial charge in [0.1, 0.15) is 0 Å². The number of nitrogens with one attached hydrogen (secondary N) is 1. The molecule has 1 atom stereocenters. The number of H-pyrrole nitrogens is 1. The van der Waals surface area contributed by atoms with Gasteiger partial charge in [-0.25, -0.2) is 4.79 Å². The van der Waals surface area contributed by atoms with Crippen LogP contribution in [0.25, 0.3) is 0 Å². The molecule has 3 N–H and O–H groups in total. The first-order valence-corrected chi connectivity index (χ1v) is 7.57. The zero-order valence-corrected chi connectivity index (χ0v) is 13.7. The average molecular weight is 329 g/mol. The van der Waals surface area contributed by atoms with Crippen molar-refractivity contribution in [1.29, 1.82) is 0 Å². The highest BCUT2D eigenvalue weighted by atomic mass is 16.4. The van der Waals surface area contributed by atoms with Crippen molar-refractivity contribution in [3.8, 4) is 0 Å². The molecule has 1 heterocycles. The van der Waals surface area contributed by atoms with E-state index in [9.17, 15) is 24.6 Å². The predicted octanol–water partition coefficient (Wildman–Crippen LogP) is 3.14. The van der Waals surface area contributed by atoms with Gasteiger partial charge in [0.25, 0.3) is 0 Å². The molecule has 1 aromatic carbocycles. The Morgan fingerprint density at radius 3 is 2.12 bits per heavy atom. The number of benzene rings is 1. The van der Waals surface area contributed by atoms with Gasteiger partial charge in [0, 0.05) is 11.3 Å². The Hall–Kier alpha value is -2.89. The predicted molar refractivity (Wildman–Crippen MR) is 87.8 cm³/mol. The van der Waals surface area contributed by atoms with Crippen LogP contribution in [0.4, 0.5) is 0 Å². The summed E-state index contributed by atoms with van der Waals surface area (Å²) in [5, 5.41) is 18.8. The highest BCUT2D eigenvalue weighted by Crippen LogP contribution is 2.29. The number of hydrogen-bond donors (Lipinski definition) is 3. The minimum atomic E-state index is -1.25. The van der Waals surface area contributed by atoms with Crippen molar-refractivity contribution in [3.63, 3.8) is 0 Å². The lowest BCUT2D eigenvalue weighted by Crippen LogP contribution is -2.15. The number of aryl methyl sites for hydroxylation is 1. The molecule has 2 aromatic rings. The van der Waals surface area contributed by atoms with Crippen LogP contribution in [0.15, 0.2) is 24.3 Å². The lowest BCUT2D eigenvalue weighted by Gasteiger charge is -2.09. The highest BCUT2D eigenvalue weighted by molar-refractivity contribution is 6.10. The van der Waals surface area contributed by atoms with Crippen molar-refractivity contribution in [2.75, 3.05) is 0 Å². The SMILES string of the molecule is CCC(C(=O)O)c1[nH]c(C(=O)c2ccc(C)cc2)c(C)c1C(=O)O. The number of carbonyl (C=O) groups excluding carboxylic acids is 1. The molecule has 0 radical (unpaired) electrons. The van der Waals surface area contributed by atoms with E-state index in [0.717, 1.165) is 5.56 Å². The summed E-state index contributed by atoms with van der Waals surface area (Å²) in [6.45, 7) is 5.06. The maximum atomic E-state index is 12.7. The summed E-state index contributed by atoms with van der Waals surface area (Å²) < 4.78 is 0. The molecule has 0 saturated heterocycles. The molecule has 0 saturated carbocycles. The number of aromatic amines is 1. The number of carbonyl (C=O) groups is 3. The highest BCUT2D eigenvalue weighted by Gasteiger charge is 2.30. The van der Waals surface area contributed by atoms with Gasteiger partial charge >= 0.3 is 11.9 Å². The minimum absolute atomic E-state index is 0.0606. The number of carboxylic acids is 2. The van der Waals surface area contributed by atoms with Gasteiger partial charge in [-0.2, -0.15) is 0 Å². The topological polar surface area (TPSA) is 107 Å². The Labute approximate surface area is 139 Å². The molecule has 126 valence electrons. The average Bonchev–Trinajstić information content (AvgIpc) is 2.85. The molecule has 0 fully saturated rings. The third-order valence-corrected chi connectivity index (χ3v) is 4.09. The molecule has 0 amide bonds. The van der Waals surface area contributed by atoms with Crippen LogP contribution in [-0.2, 0) is 4.79 Å². The molecular formula is C18H19NO5. The first kappa shape index (κ1) is 17.5. The van der Waals surface area contributed by atoms with Gasteiger partial charge in [-0.15, -0.1) is 0 Å². The minimum Gasteiger partial charge on any atom is -0.481 e. The van der Waals surface area contributed by atoms with Gasteiger partial charge in [0.2, 0.25) is 5.78 Å². The molecule has 0 aliphatic heterocycles. The van der Waals surface area contributed by atoms with Gasteiger partial charge in [0.05, 0.1) is 17.2 Å². The van der Waals surface area contributed by atoms with E-state index in [2.05, 4.69) is 4.98 Å². The van der Waals surface area contributed by atoms with Gasteiger partial charge in [-0.1, -0.05) is 36.8 Å². The van der Waals surface area contributed by atoms with Crippen molar-refractivity contribution in [1.82, 2.24) is 4.98 Å². The summed E-state index contributed by atoms with van der Waals surface area (Å²) in [7, 11) is 0. The summed E-state index contributed by atoms with van der Waals surface area (Å²) in [6.07, 6.45) is 0.216. The molecule has 0 aliphatic carbocycles. The van der Waals surface area contributed by atoms with Crippen molar-refractivity contribution in [2.45, 2.75) is 33.1 Å². The molecule has 1 unspecified atom stereocenters. The second-order valence-corrected chi connectivity index (χ2v) is 5.71. The third kappa shape index (κ3) is 3.08. The Bertz CT molecular complexity index is 802. The standard InChI is InChI=1S/C18H19NO5/c1-4-12(17(21)22)15-13(18(23)24)10(3)14(19-15)16(20)11-7-5-9(2)6-8-11/h5-8,12,19H,4H2,1-3H3,(H,21,22)(H,23,24). The first-order chi connectivity index (χ1) is 11.3. The number of carboxylic acid groups (broad SMARTS) is 2. The number of ketones is 1. The van der Waals surface area contributed by atoms with E-state index in [1.54, 1.807) is 31.2 Å². The zero-order chi connectivity index (χ0) is 18.0. The molecule has 0 bridgehead atoms. The lowest BCUT2D eigenvalue weighted by molar-refractivity contribution is -0.138. The van der Waals surface area contributed by atoms with Gasteiger partial charge < -0.3 is 15.2 Å². The zero-order valence-electron chi connectivity index (χ0n) is 13.7. The second kappa shape index (κ2) is 6.70. The first-order valence-electron chi connectivity index (χ1n) is 7.57. The smallest absolute Gasteiger partial charge is 0.337 e. The summed E-state index contributed by atoms with van der Waals surface area (Å²) >= 11 is 0. The molecule has 6 nitrogen and oxygen atoms in total. The summed E-state index contributed by atoms with van der Waals surface area (Å²) in [5.41, 5.74) is 1.70. The lowest BCUT2D eigenvalue weighted by atomic mass is 9.97. The van der Waals surface area contributed by atoms with Gasteiger partial charge in [0.15, 0.2) is 0 Å². The maximum Gasteiger partial charge on any atom is 0.337 e. The quantitative estimate of drug-likeness (QED) is 0.706. The number of aromatic carboxylic acids is 1. The van der Waals surface area contributed by atoms with Gasteiger partial charge in [-0.05, 0) is 25.8 Å². The van der Waals surface area contributed by atoms with Crippen LogP contribution in [0.1, 0.15) is 62.5 Å². The fourth-order valence-corrected chi connectivity index (χ4v) is 2.73. The number of rotatable bonds is 6. The van der Waals surface area contributed by atoms with Crippen LogP contribution in [-0.4, -0.2) is 32.9 Å². The van der Waals surface area contributed by atoms with E-state index >= 15 is 0 Å². The van der Waals surface area contributed by atoms with Crippen molar-refractivity contribution in [3.05, 3.63) is 57.9 Å². The fraction of sp³-hybridized carbons (Fsp3) is 0.278. The number of aromatic nitrogens is 1. The molecule has 2 rings (SSSR count). The van der Waals surface area contributed by atoms with E-state index in [4.69, 9.17) is 0 Å². The monoisotopic (exact) mass is 329 g/mol. The van der Waals surface area contributed by atoms with E-state index in [0.29, 0.717) is 5.56 Å². The summed E-state index contributed by atoms with van der Waals surface area (Å²) in [6, 6.07) is 6.90. The Kier molecular flexibility index (Phi) is 4.87. The van der Waals surface area contributed by atoms with Crippen molar-refractivity contribution >= 4 is 17.7 Å². The van der Waals surface area contributed by atoms with Crippen LogP contribution in [0, 0.1) is 13.8 Å². The van der Waals surface area contributed by atoms with E-state index in [1.807, 2.05) is 6.92 Å².